The molecule has 1 fully saturated rings. The van der Waals surface area contributed by atoms with Crippen LogP contribution >= 0.6 is 0 Å². The van der Waals surface area contributed by atoms with E-state index in [1.165, 1.54) is 6.07 Å². The fourth-order valence-electron chi connectivity index (χ4n) is 5.91. The Morgan fingerprint density at radius 3 is 2.32 bits per heavy atom. The summed E-state index contributed by atoms with van der Waals surface area (Å²) in [5.74, 6) is 0.773. The number of nitrogens with zero attached hydrogens (tertiary/aromatic N) is 4. The largest absolute Gasteiger partial charge is 0.465 e. The predicted molar refractivity (Wildman–Crippen MR) is 169 cm³/mol. The summed E-state index contributed by atoms with van der Waals surface area (Å²) in [5.41, 5.74) is 1.44. The number of benzene rings is 1. The van der Waals surface area contributed by atoms with Crippen LogP contribution in [0.1, 0.15) is 30.2 Å². The minimum atomic E-state index is -4.76. The molecule has 44 heavy (non-hydrogen) atoms. The minimum absolute atomic E-state index is 0.0420. The number of carboxylic acid groups (broad SMARTS) is 1. The number of amides is 1. The van der Waals surface area contributed by atoms with E-state index in [4.69, 9.17) is 14.6 Å². The first-order valence-electron chi connectivity index (χ1n) is 15.2. The molecule has 0 radical (unpaired) electrons. The lowest BCUT2D eigenvalue weighted by Gasteiger charge is -2.20. The van der Waals surface area contributed by atoms with Gasteiger partial charge in [0.1, 0.15) is 24.7 Å². The van der Waals surface area contributed by atoms with Gasteiger partial charge in [0.2, 0.25) is 0 Å². The highest BCUT2D eigenvalue weighted by molar-refractivity contribution is 6.76. The molecule has 1 amide bonds. The molecule has 5 rings (SSSR count). The Kier molecular flexibility index (Phi) is 8.62. The molecule has 2 aromatic heterocycles. The molecule has 2 N–H and O–H groups in total. The maximum atomic E-state index is 14.4. The van der Waals surface area contributed by atoms with Crippen molar-refractivity contribution in [1.82, 2.24) is 19.3 Å². The van der Waals surface area contributed by atoms with Crippen LogP contribution in [0.2, 0.25) is 51.4 Å². The lowest BCUT2D eigenvalue weighted by atomic mass is 9.87. The van der Waals surface area contributed by atoms with E-state index in [1.807, 2.05) is 4.68 Å². The van der Waals surface area contributed by atoms with Crippen molar-refractivity contribution in [2.45, 2.75) is 97.2 Å². The van der Waals surface area contributed by atoms with Crippen LogP contribution in [0, 0.1) is 11.3 Å². The monoisotopic (exact) mass is 651 g/mol. The van der Waals surface area contributed by atoms with Crippen LogP contribution in [0.15, 0.2) is 12.1 Å². The zero-order chi connectivity index (χ0) is 32.2. The van der Waals surface area contributed by atoms with Crippen molar-refractivity contribution in [3.8, 4) is 11.5 Å². The van der Waals surface area contributed by atoms with Gasteiger partial charge in [-0.25, -0.2) is 14.5 Å². The summed E-state index contributed by atoms with van der Waals surface area (Å²) < 4.78 is 58.7. The lowest BCUT2D eigenvalue weighted by Crippen LogP contribution is -2.23. The predicted octanol–water partition coefficient (Wildman–Crippen LogP) is 7.76. The molecule has 3 aromatic rings. The van der Waals surface area contributed by atoms with Gasteiger partial charge in [0, 0.05) is 46.3 Å². The first-order chi connectivity index (χ1) is 20.3. The minimum Gasteiger partial charge on any atom is -0.465 e. The third-order valence-electron chi connectivity index (χ3n) is 8.78. The van der Waals surface area contributed by atoms with Gasteiger partial charge in [-0.05, 0) is 54.8 Å². The van der Waals surface area contributed by atoms with E-state index in [1.54, 1.807) is 4.57 Å². The molecule has 2 aliphatic carbocycles. The van der Waals surface area contributed by atoms with Crippen molar-refractivity contribution >= 4 is 39.0 Å². The molecule has 0 saturated heterocycles. The fourth-order valence-corrected chi connectivity index (χ4v) is 7.42. The van der Waals surface area contributed by atoms with Crippen LogP contribution in [0.25, 0.3) is 22.6 Å². The second-order valence-corrected chi connectivity index (χ2v) is 26.3. The highest BCUT2D eigenvalue weighted by atomic mass is 28.3. The molecule has 2 heterocycles. The van der Waals surface area contributed by atoms with Crippen LogP contribution in [0.4, 0.5) is 23.7 Å². The Bertz CT molecular complexity index is 1560. The van der Waals surface area contributed by atoms with Gasteiger partial charge in [-0.3, -0.25) is 9.88 Å². The third kappa shape index (κ3) is 7.23. The second-order valence-electron chi connectivity index (χ2n) is 15.1. The van der Waals surface area contributed by atoms with E-state index in [9.17, 15) is 23.1 Å². The summed E-state index contributed by atoms with van der Waals surface area (Å²) in [7, 11) is -2.72. The zero-order valence-corrected chi connectivity index (χ0v) is 28.7. The van der Waals surface area contributed by atoms with Gasteiger partial charge in [-0.2, -0.15) is 18.3 Å². The Morgan fingerprint density at radius 2 is 1.73 bits per heavy atom. The number of nitrogens with one attached hydrogen (secondary N) is 1. The Labute approximate surface area is 258 Å². The average molecular weight is 652 g/mol. The summed E-state index contributed by atoms with van der Waals surface area (Å²) in [6.45, 7) is 17.1. The molecule has 242 valence electrons. The lowest BCUT2D eigenvalue weighted by molar-refractivity contribution is -0.136. The summed E-state index contributed by atoms with van der Waals surface area (Å²) in [6, 6.07) is 4.08. The van der Waals surface area contributed by atoms with Gasteiger partial charge in [-0.15, -0.1) is 0 Å². The van der Waals surface area contributed by atoms with Crippen molar-refractivity contribution in [1.29, 1.82) is 0 Å². The molecule has 0 bridgehead atoms. The summed E-state index contributed by atoms with van der Waals surface area (Å²) in [5, 5.41) is 16.3. The van der Waals surface area contributed by atoms with Crippen molar-refractivity contribution in [2.75, 3.05) is 18.5 Å². The smallest absolute Gasteiger partial charge is 0.418 e. The van der Waals surface area contributed by atoms with E-state index in [0.29, 0.717) is 24.8 Å². The normalized spacial score (nSPS) is 20.1. The number of alkyl halides is 3. The number of imidazole rings is 1. The van der Waals surface area contributed by atoms with Gasteiger partial charge in [0.25, 0.3) is 0 Å². The van der Waals surface area contributed by atoms with Gasteiger partial charge in [-0.1, -0.05) is 46.2 Å². The van der Waals surface area contributed by atoms with Gasteiger partial charge in [0.15, 0.2) is 5.82 Å². The van der Waals surface area contributed by atoms with Crippen molar-refractivity contribution in [3.05, 3.63) is 29.0 Å². The van der Waals surface area contributed by atoms with E-state index < -0.39 is 34.0 Å². The van der Waals surface area contributed by atoms with E-state index in [2.05, 4.69) is 56.5 Å². The molecular formula is C30H44F3N5O4Si2. The number of halogens is 3. The second kappa shape index (κ2) is 11.6. The number of carbonyl (C=O) groups is 1. The molecule has 0 aliphatic heterocycles. The first-order valence-corrected chi connectivity index (χ1v) is 22.6. The van der Waals surface area contributed by atoms with Crippen LogP contribution in [-0.2, 0) is 42.0 Å². The van der Waals surface area contributed by atoms with E-state index in [-0.39, 0.29) is 41.4 Å². The summed E-state index contributed by atoms with van der Waals surface area (Å²) in [4.78, 5) is 16.0. The molecule has 1 saturated carbocycles. The first kappa shape index (κ1) is 32.7. The highest BCUT2D eigenvalue weighted by Crippen LogP contribution is 2.60. The molecule has 0 unspecified atom stereocenters. The topological polar surface area (TPSA) is 103 Å². The van der Waals surface area contributed by atoms with Crippen LogP contribution in [0.5, 0.6) is 0 Å². The zero-order valence-electron chi connectivity index (χ0n) is 26.7. The Morgan fingerprint density at radius 1 is 1.09 bits per heavy atom. The number of rotatable bonds is 12. The number of hydrogen-bond donors (Lipinski definition) is 2. The van der Waals surface area contributed by atoms with Crippen molar-refractivity contribution in [3.63, 3.8) is 0 Å². The van der Waals surface area contributed by atoms with Gasteiger partial charge >= 0.3 is 12.3 Å². The van der Waals surface area contributed by atoms with E-state index >= 15 is 0 Å². The van der Waals surface area contributed by atoms with Crippen LogP contribution in [0.3, 0.4) is 0 Å². The number of hydrogen-bond acceptors (Lipinski definition) is 5. The maximum absolute atomic E-state index is 14.4. The number of ether oxygens (including phenoxy) is 2. The van der Waals surface area contributed by atoms with Gasteiger partial charge < -0.3 is 14.6 Å². The van der Waals surface area contributed by atoms with Crippen molar-refractivity contribution in [2.24, 2.45) is 11.3 Å². The highest BCUT2D eigenvalue weighted by Gasteiger charge is 2.54. The maximum Gasteiger partial charge on any atom is 0.418 e. The van der Waals surface area contributed by atoms with Crippen molar-refractivity contribution < 1.29 is 32.5 Å². The number of aromatic nitrogens is 4. The SMILES string of the molecule is C[C@@]12Cc3c(c(-c4nc5c(C(F)(F)F)cc(NC(=O)O)cc5n4COCC[Si](C)(C)C)nn3COCC[Si](C)(C)C)C[C@@H]1C2. The fraction of sp³-hybridized carbons (Fsp3) is 0.633. The third-order valence-corrected chi connectivity index (χ3v) is 12.2. The Hall–Kier alpha value is -2.69. The molecule has 9 nitrogen and oxygen atoms in total. The Balaban J connectivity index is 1.62. The molecular weight excluding hydrogens is 608 g/mol. The van der Waals surface area contributed by atoms with E-state index in [0.717, 1.165) is 48.7 Å². The molecule has 14 heteroatoms. The number of fused-ring (bicyclic) bond motifs is 3. The quantitative estimate of drug-likeness (QED) is 0.153. The summed E-state index contributed by atoms with van der Waals surface area (Å²) in [6.07, 6.45) is -3.53. The molecule has 2 atom stereocenters. The van der Waals surface area contributed by atoms with Crippen LogP contribution in [-0.4, -0.2) is 59.9 Å². The average Bonchev–Trinajstić information content (AvgIpc) is 3.23. The number of anilines is 1. The van der Waals surface area contributed by atoms with Crippen LogP contribution < -0.4 is 5.32 Å². The standard InChI is InChI=1S/C30H44F3N5O4Si2/c1-29-15-19(29)12-21-24(16-29)38(18-42-9-11-44(5,6)7)36-25(21)27-35-26-22(30(31,32)33)13-20(34-28(39)40)14-23(26)37(27)17-41-8-10-43(2,3)4/h13-14,19,34H,8-12,15-18H2,1-7H3,(H,39,40)/t19-,29-/m1/s1. The molecule has 0 spiro atoms. The molecule has 2 aliphatic rings. The summed E-state index contributed by atoms with van der Waals surface area (Å²) >= 11 is 0. The molecule has 1 aromatic carbocycles. The van der Waals surface area contributed by atoms with Gasteiger partial charge in [0.05, 0.1) is 11.1 Å².